The second-order valence-corrected chi connectivity index (χ2v) is 7.31. The first-order chi connectivity index (χ1) is 12.4. The molecule has 1 aromatic carbocycles. The zero-order valence-electron chi connectivity index (χ0n) is 14.9. The second-order valence-electron chi connectivity index (χ2n) is 6.87. The average molecular weight is 366 g/mol. The first-order valence-corrected chi connectivity index (χ1v) is 8.69. The molecule has 0 aliphatic heterocycles. The Hall–Kier alpha value is -2.84. The molecule has 0 bridgehead atoms. The zero-order chi connectivity index (χ0) is 18.7. The minimum Gasteiger partial charge on any atom is -0.363 e. The third-order valence-corrected chi connectivity index (χ3v) is 4.53. The van der Waals surface area contributed by atoms with Crippen molar-refractivity contribution in [1.82, 2.24) is 9.97 Å². The van der Waals surface area contributed by atoms with Crippen molar-refractivity contribution in [2.75, 3.05) is 10.6 Å². The summed E-state index contributed by atoms with van der Waals surface area (Å²) in [5, 5.41) is 16.3. The fourth-order valence-corrected chi connectivity index (χ4v) is 3.07. The van der Waals surface area contributed by atoms with Gasteiger partial charge in [-0.2, -0.15) is 10.2 Å². The van der Waals surface area contributed by atoms with Gasteiger partial charge in [0.05, 0.1) is 17.7 Å². The van der Waals surface area contributed by atoms with E-state index in [1.54, 1.807) is 18.3 Å². The monoisotopic (exact) mass is 365 g/mol. The van der Waals surface area contributed by atoms with Gasteiger partial charge in [-0.25, -0.2) is 4.98 Å². The number of nitrogens with one attached hydrogen (secondary N) is 2. The summed E-state index contributed by atoms with van der Waals surface area (Å²) >= 11 is 6.13. The maximum atomic E-state index is 8.88. The largest absolute Gasteiger partial charge is 0.363 e. The lowest BCUT2D eigenvalue weighted by molar-refractivity contribution is 0.439. The lowest BCUT2D eigenvalue weighted by Gasteiger charge is -2.33. The summed E-state index contributed by atoms with van der Waals surface area (Å²) in [7, 11) is 0. The molecule has 132 valence electrons. The Morgan fingerprint density at radius 2 is 1.96 bits per heavy atom. The van der Waals surface area contributed by atoms with Gasteiger partial charge in [-0.05, 0) is 37.3 Å². The Kier molecular flexibility index (Phi) is 4.97. The lowest BCUT2D eigenvalue weighted by Crippen LogP contribution is -2.35. The summed E-state index contributed by atoms with van der Waals surface area (Å²) in [4.78, 5) is 8.94. The van der Waals surface area contributed by atoms with Gasteiger partial charge in [0.2, 0.25) is 5.95 Å². The maximum Gasteiger partial charge on any atom is 0.229 e. The molecule has 5 nitrogen and oxygen atoms in total. The number of halogens is 1. The summed E-state index contributed by atoms with van der Waals surface area (Å²) in [5.74, 6) is 1.26. The van der Waals surface area contributed by atoms with Crippen LogP contribution in [0.2, 0.25) is 0 Å². The third-order valence-electron chi connectivity index (χ3n) is 4.29. The predicted octanol–water partition coefficient (Wildman–Crippen LogP) is 4.90. The van der Waals surface area contributed by atoms with Crippen molar-refractivity contribution in [3.05, 3.63) is 64.8 Å². The number of nitrogens with zero attached hydrogens (tertiary/aromatic N) is 3. The molecule has 0 saturated heterocycles. The standard InChI is InChI=1S/C20H20ClN5/c1-13-12-23-19(24-16-7-4-14(11-22)5-8-16)26-18(13)25-17-9-6-15(21)10-20(17,2)3/h4-10,12,17H,1-3H3,(H2,23,24,25,26). The summed E-state index contributed by atoms with van der Waals surface area (Å²) in [6, 6.07) is 9.33. The molecule has 1 aliphatic rings. The van der Waals surface area contributed by atoms with Gasteiger partial charge < -0.3 is 10.6 Å². The molecular formula is C20H20ClN5. The van der Waals surface area contributed by atoms with E-state index in [9.17, 15) is 0 Å². The molecule has 0 amide bonds. The first kappa shape index (κ1) is 18.0. The van der Waals surface area contributed by atoms with Crippen LogP contribution in [0.1, 0.15) is 25.0 Å². The molecule has 1 aliphatic carbocycles. The third kappa shape index (κ3) is 4.04. The molecular weight excluding hydrogens is 346 g/mol. The normalized spacial score (nSPS) is 18.0. The van der Waals surface area contributed by atoms with Crippen LogP contribution in [-0.2, 0) is 0 Å². The van der Waals surface area contributed by atoms with E-state index in [4.69, 9.17) is 16.9 Å². The van der Waals surface area contributed by atoms with Crippen LogP contribution in [0.25, 0.3) is 0 Å². The van der Waals surface area contributed by atoms with Crippen LogP contribution >= 0.6 is 11.6 Å². The van der Waals surface area contributed by atoms with Crippen LogP contribution in [0.4, 0.5) is 17.5 Å². The number of aromatic nitrogens is 2. The molecule has 2 aromatic rings. The minimum atomic E-state index is -0.135. The molecule has 1 heterocycles. The van der Waals surface area contributed by atoms with Gasteiger partial charge in [-0.1, -0.05) is 37.6 Å². The Balaban J connectivity index is 1.79. The number of aryl methyl sites for hydroxylation is 1. The zero-order valence-corrected chi connectivity index (χ0v) is 15.7. The number of allylic oxidation sites excluding steroid dienone is 2. The van der Waals surface area contributed by atoms with E-state index in [-0.39, 0.29) is 11.5 Å². The molecule has 1 unspecified atom stereocenters. The van der Waals surface area contributed by atoms with Crippen molar-refractivity contribution in [2.45, 2.75) is 26.8 Å². The van der Waals surface area contributed by atoms with E-state index < -0.39 is 0 Å². The fourth-order valence-electron chi connectivity index (χ4n) is 2.72. The highest BCUT2D eigenvalue weighted by Crippen LogP contribution is 2.33. The topological polar surface area (TPSA) is 73.6 Å². The smallest absolute Gasteiger partial charge is 0.229 e. The molecule has 2 N–H and O–H groups in total. The van der Waals surface area contributed by atoms with Gasteiger partial charge in [-0.3, -0.25) is 0 Å². The highest BCUT2D eigenvalue weighted by molar-refractivity contribution is 6.31. The van der Waals surface area contributed by atoms with Crippen molar-refractivity contribution >= 4 is 29.1 Å². The average Bonchev–Trinajstić information content (AvgIpc) is 2.60. The van der Waals surface area contributed by atoms with Crippen LogP contribution in [0.15, 0.2) is 53.7 Å². The van der Waals surface area contributed by atoms with Crippen LogP contribution in [0, 0.1) is 23.7 Å². The highest BCUT2D eigenvalue weighted by atomic mass is 35.5. The molecule has 0 fully saturated rings. The van der Waals surface area contributed by atoms with E-state index >= 15 is 0 Å². The van der Waals surface area contributed by atoms with E-state index in [1.807, 2.05) is 31.2 Å². The van der Waals surface area contributed by atoms with Crippen molar-refractivity contribution in [2.24, 2.45) is 5.41 Å². The Labute approximate surface area is 158 Å². The number of anilines is 3. The van der Waals surface area contributed by atoms with Gasteiger partial charge >= 0.3 is 0 Å². The number of rotatable bonds is 4. The maximum absolute atomic E-state index is 8.88. The van der Waals surface area contributed by atoms with Crippen LogP contribution in [0.3, 0.4) is 0 Å². The molecule has 1 atom stereocenters. The van der Waals surface area contributed by atoms with Gasteiger partial charge in [0.1, 0.15) is 5.82 Å². The Morgan fingerprint density at radius 3 is 2.62 bits per heavy atom. The van der Waals surface area contributed by atoms with Gasteiger partial charge in [-0.15, -0.1) is 0 Å². The molecule has 26 heavy (non-hydrogen) atoms. The summed E-state index contributed by atoms with van der Waals surface area (Å²) in [6.45, 7) is 6.22. The molecule has 0 radical (unpaired) electrons. The molecule has 3 rings (SSSR count). The number of nitriles is 1. The molecule has 0 spiro atoms. The summed E-state index contributed by atoms with van der Waals surface area (Å²) in [6.07, 6.45) is 7.77. The molecule has 1 aromatic heterocycles. The summed E-state index contributed by atoms with van der Waals surface area (Å²) in [5.41, 5.74) is 2.26. The molecule has 6 heteroatoms. The van der Waals surface area contributed by atoms with Crippen LogP contribution in [-0.4, -0.2) is 16.0 Å². The van der Waals surface area contributed by atoms with Crippen LogP contribution in [0.5, 0.6) is 0 Å². The van der Waals surface area contributed by atoms with Crippen LogP contribution < -0.4 is 10.6 Å². The number of hydrogen-bond donors (Lipinski definition) is 2. The van der Waals surface area contributed by atoms with Crippen molar-refractivity contribution in [3.63, 3.8) is 0 Å². The van der Waals surface area contributed by atoms with Gasteiger partial charge in [0, 0.05) is 27.9 Å². The highest BCUT2D eigenvalue weighted by Gasteiger charge is 2.29. The minimum absolute atomic E-state index is 0.0707. The van der Waals surface area contributed by atoms with Crippen molar-refractivity contribution in [3.8, 4) is 6.07 Å². The van der Waals surface area contributed by atoms with E-state index in [1.165, 1.54) is 0 Å². The molecule has 0 saturated carbocycles. The van der Waals surface area contributed by atoms with E-state index in [0.717, 1.165) is 22.1 Å². The van der Waals surface area contributed by atoms with Crippen molar-refractivity contribution in [1.29, 1.82) is 5.26 Å². The SMILES string of the molecule is Cc1cnc(Nc2ccc(C#N)cc2)nc1NC1C=CC(Cl)=CC1(C)C. The number of benzene rings is 1. The lowest BCUT2D eigenvalue weighted by atomic mass is 9.81. The van der Waals surface area contributed by atoms with E-state index in [0.29, 0.717) is 11.5 Å². The quantitative estimate of drug-likeness (QED) is 0.806. The summed E-state index contributed by atoms with van der Waals surface area (Å²) < 4.78 is 0. The Morgan fingerprint density at radius 1 is 1.23 bits per heavy atom. The van der Waals surface area contributed by atoms with Gasteiger partial charge in [0.25, 0.3) is 0 Å². The fraction of sp³-hybridized carbons (Fsp3) is 0.250. The second kappa shape index (κ2) is 7.19. The Bertz CT molecular complexity index is 907. The first-order valence-electron chi connectivity index (χ1n) is 8.31. The van der Waals surface area contributed by atoms with E-state index in [2.05, 4.69) is 46.6 Å². The van der Waals surface area contributed by atoms with Gasteiger partial charge in [0.15, 0.2) is 0 Å². The number of hydrogen-bond acceptors (Lipinski definition) is 5. The van der Waals surface area contributed by atoms with Crippen molar-refractivity contribution < 1.29 is 0 Å². The predicted molar refractivity (Wildman–Crippen MR) is 105 cm³/mol.